The smallest absolute Gasteiger partial charge is 0.0554 e. The zero-order chi connectivity index (χ0) is 12.1. The summed E-state index contributed by atoms with van der Waals surface area (Å²) in [5.41, 5.74) is 8.46. The molecule has 0 saturated carbocycles. The van der Waals surface area contributed by atoms with Crippen molar-refractivity contribution < 1.29 is 0 Å². The third-order valence-electron chi connectivity index (χ3n) is 2.74. The Morgan fingerprint density at radius 2 is 2.24 bits per heavy atom. The van der Waals surface area contributed by atoms with Crippen molar-refractivity contribution in [3.8, 4) is 0 Å². The molecule has 2 heterocycles. The molecular weight excluding hydrogens is 212 g/mol. The van der Waals surface area contributed by atoms with Crippen LogP contribution >= 0.6 is 0 Å². The van der Waals surface area contributed by atoms with Crippen LogP contribution in [0, 0.1) is 0 Å². The first kappa shape index (κ1) is 11.8. The second kappa shape index (κ2) is 5.59. The standard InChI is InChI=1S/C13H18N4/c1-2-8-17-13(5-7-16-17)12(14)9-11-4-3-6-15-10-11/h3-7,10,12H,2,8-9,14H2,1H3. The van der Waals surface area contributed by atoms with Gasteiger partial charge in [-0.1, -0.05) is 13.0 Å². The first-order valence-corrected chi connectivity index (χ1v) is 5.97. The van der Waals surface area contributed by atoms with E-state index in [9.17, 15) is 0 Å². The Kier molecular flexibility index (Phi) is 3.88. The predicted molar refractivity (Wildman–Crippen MR) is 67.4 cm³/mol. The highest BCUT2D eigenvalue weighted by atomic mass is 15.3. The molecular formula is C13H18N4. The SMILES string of the molecule is CCCn1nccc1C(N)Cc1cccnc1. The van der Waals surface area contributed by atoms with Crippen LogP contribution in [0.25, 0.3) is 0 Å². The summed E-state index contributed by atoms with van der Waals surface area (Å²) in [5, 5.41) is 4.29. The van der Waals surface area contributed by atoms with Gasteiger partial charge in [-0.05, 0) is 30.5 Å². The monoisotopic (exact) mass is 230 g/mol. The first-order valence-electron chi connectivity index (χ1n) is 5.97. The Morgan fingerprint density at radius 1 is 1.35 bits per heavy atom. The number of nitrogens with zero attached hydrogens (tertiary/aromatic N) is 3. The summed E-state index contributed by atoms with van der Waals surface area (Å²) in [6.45, 7) is 3.06. The molecule has 2 aromatic heterocycles. The lowest BCUT2D eigenvalue weighted by Crippen LogP contribution is -2.18. The van der Waals surface area contributed by atoms with Gasteiger partial charge in [-0.15, -0.1) is 0 Å². The van der Waals surface area contributed by atoms with Crippen molar-refractivity contribution in [3.05, 3.63) is 48.0 Å². The minimum atomic E-state index is -0.0201. The van der Waals surface area contributed by atoms with Gasteiger partial charge in [0.1, 0.15) is 0 Å². The summed E-state index contributed by atoms with van der Waals surface area (Å²) in [6.07, 6.45) is 7.31. The molecule has 1 atom stereocenters. The van der Waals surface area contributed by atoms with Gasteiger partial charge in [0.25, 0.3) is 0 Å². The van der Waals surface area contributed by atoms with Crippen LogP contribution in [0.4, 0.5) is 0 Å². The minimum Gasteiger partial charge on any atom is -0.322 e. The normalized spacial score (nSPS) is 12.6. The molecule has 0 bridgehead atoms. The van der Waals surface area contributed by atoms with Crippen LogP contribution in [0.3, 0.4) is 0 Å². The van der Waals surface area contributed by atoms with E-state index in [1.807, 2.05) is 35.3 Å². The van der Waals surface area contributed by atoms with E-state index >= 15 is 0 Å². The molecule has 0 aliphatic carbocycles. The van der Waals surface area contributed by atoms with E-state index in [-0.39, 0.29) is 6.04 Å². The molecule has 2 aromatic rings. The quantitative estimate of drug-likeness (QED) is 0.854. The van der Waals surface area contributed by atoms with Crippen LogP contribution in [-0.2, 0) is 13.0 Å². The molecule has 0 aromatic carbocycles. The Morgan fingerprint density at radius 3 is 2.94 bits per heavy atom. The van der Waals surface area contributed by atoms with Crippen molar-refractivity contribution in [3.63, 3.8) is 0 Å². The van der Waals surface area contributed by atoms with Crippen molar-refractivity contribution >= 4 is 0 Å². The fourth-order valence-corrected chi connectivity index (χ4v) is 1.93. The van der Waals surface area contributed by atoms with Crippen LogP contribution in [0.15, 0.2) is 36.8 Å². The number of hydrogen-bond donors (Lipinski definition) is 1. The second-order valence-corrected chi connectivity index (χ2v) is 4.15. The zero-order valence-electron chi connectivity index (χ0n) is 10.1. The van der Waals surface area contributed by atoms with E-state index in [1.54, 1.807) is 6.20 Å². The van der Waals surface area contributed by atoms with Gasteiger partial charge in [0.05, 0.1) is 11.7 Å². The molecule has 4 heteroatoms. The molecule has 0 amide bonds. The molecule has 17 heavy (non-hydrogen) atoms. The van der Waals surface area contributed by atoms with Gasteiger partial charge in [-0.2, -0.15) is 5.10 Å². The van der Waals surface area contributed by atoms with E-state index in [0.717, 1.165) is 30.6 Å². The lowest BCUT2D eigenvalue weighted by molar-refractivity contribution is 0.537. The maximum Gasteiger partial charge on any atom is 0.0554 e. The van der Waals surface area contributed by atoms with E-state index < -0.39 is 0 Å². The zero-order valence-corrected chi connectivity index (χ0v) is 10.1. The van der Waals surface area contributed by atoms with Crippen LogP contribution in [0.2, 0.25) is 0 Å². The topological polar surface area (TPSA) is 56.7 Å². The van der Waals surface area contributed by atoms with Crippen molar-refractivity contribution in [2.45, 2.75) is 32.4 Å². The number of aromatic nitrogens is 3. The summed E-state index contributed by atoms with van der Waals surface area (Å²) in [4.78, 5) is 4.10. The Labute approximate surface area is 101 Å². The third-order valence-corrected chi connectivity index (χ3v) is 2.74. The van der Waals surface area contributed by atoms with Crippen LogP contribution < -0.4 is 5.73 Å². The number of rotatable bonds is 5. The molecule has 2 rings (SSSR count). The molecule has 1 unspecified atom stereocenters. The van der Waals surface area contributed by atoms with Crippen LogP contribution in [-0.4, -0.2) is 14.8 Å². The van der Waals surface area contributed by atoms with Gasteiger partial charge in [0, 0.05) is 25.1 Å². The van der Waals surface area contributed by atoms with Gasteiger partial charge in [0.2, 0.25) is 0 Å². The molecule has 4 nitrogen and oxygen atoms in total. The van der Waals surface area contributed by atoms with E-state index in [1.165, 1.54) is 0 Å². The largest absolute Gasteiger partial charge is 0.322 e. The van der Waals surface area contributed by atoms with Crippen LogP contribution in [0.5, 0.6) is 0 Å². The lowest BCUT2D eigenvalue weighted by atomic mass is 10.1. The average molecular weight is 230 g/mol. The van der Waals surface area contributed by atoms with Gasteiger partial charge in [-0.3, -0.25) is 9.67 Å². The molecule has 0 aliphatic heterocycles. The molecule has 0 aliphatic rings. The lowest BCUT2D eigenvalue weighted by Gasteiger charge is -2.13. The number of nitrogens with two attached hydrogens (primary N) is 1. The Hall–Kier alpha value is -1.68. The van der Waals surface area contributed by atoms with E-state index in [2.05, 4.69) is 17.0 Å². The highest BCUT2D eigenvalue weighted by Crippen LogP contribution is 2.15. The average Bonchev–Trinajstić information content (AvgIpc) is 2.79. The third kappa shape index (κ3) is 2.91. The molecule has 2 N–H and O–H groups in total. The predicted octanol–water partition coefficient (Wildman–Crippen LogP) is 1.93. The van der Waals surface area contributed by atoms with Crippen molar-refractivity contribution in [1.82, 2.24) is 14.8 Å². The Balaban J connectivity index is 2.09. The fourth-order valence-electron chi connectivity index (χ4n) is 1.93. The highest BCUT2D eigenvalue weighted by Gasteiger charge is 2.11. The number of aryl methyl sites for hydroxylation is 1. The van der Waals surface area contributed by atoms with Crippen molar-refractivity contribution in [1.29, 1.82) is 0 Å². The number of pyridine rings is 1. The number of hydrogen-bond acceptors (Lipinski definition) is 3. The van der Waals surface area contributed by atoms with Crippen molar-refractivity contribution in [2.24, 2.45) is 5.73 Å². The summed E-state index contributed by atoms with van der Waals surface area (Å²) >= 11 is 0. The highest BCUT2D eigenvalue weighted by molar-refractivity contribution is 5.15. The fraction of sp³-hybridized carbons (Fsp3) is 0.385. The summed E-state index contributed by atoms with van der Waals surface area (Å²) < 4.78 is 1.99. The van der Waals surface area contributed by atoms with E-state index in [4.69, 9.17) is 5.73 Å². The molecule has 0 radical (unpaired) electrons. The van der Waals surface area contributed by atoms with Gasteiger partial charge in [0.15, 0.2) is 0 Å². The first-order chi connectivity index (χ1) is 8.31. The maximum atomic E-state index is 6.21. The summed E-state index contributed by atoms with van der Waals surface area (Å²) in [6, 6.07) is 5.96. The van der Waals surface area contributed by atoms with Gasteiger partial charge in [-0.25, -0.2) is 0 Å². The minimum absolute atomic E-state index is 0.0201. The summed E-state index contributed by atoms with van der Waals surface area (Å²) in [5.74, 6) is 0. The maximum absolute atomic E-state index is 6.21. The molecule has 0 fully saturated rings. The summed E-state index contributed by atoms with van der Waals surface area (Å²) in [7, 11) is 0. The second-order valence-electron chi connectivity index (χ2n) is 4.15. The molecule has 90 valence electrons. The van der Waals surface area contributed by atoms with Crippen molar-refractivity contribution in [2.75, 3.05) is 0 Å². The molecule has 0 spiro atoms. The molecule has 0 saturated heterocycles. The van der Waals surface area contributed by atoms with Crippen LogP contribution in [0.1, 0.15) is 30.6 Å². The van der Waals surface area contributed by atoms with Gasteiger partial charge >= 0.3 is 0 Å². The van der Waals surface area contributed by atoms with E-state index in [0.29, 0.717) is 0 Å². The van der Waals surface area contributed by atoms with Gasteiger partial charge < -0.3 is 5.73 Å². The Bertz CT molecular complexity index is 449.